The van der Waals surface area contributed by atoms with E-state index in [4.69, 9.17) is 10.5 Å². The fourth-order valence-corrected chi connectivity index (χ4v) is 3.83. The molecule has 3 N–H and O–H groups in total. The molecule has 29 heavy (non-hydrogen) atoms. The van der Waals surface area contributed by atoms with Crippen LogP contribution in [0.2, 0.25) is 0 Å². The molecule has 0 amide bonds. The first-order chi connectivity index (χ1) is 13.4. The number of nitrogens with zero attached hydrogens (tertiary/aromatic N) is 2. The van der Waals surface area contributed by atoms with Crippen molar-refractivity contribution in [2.24, 2.45) is 10.7 Å². The summed E-state index contributed by atoms with van der Waals surface area (Å²) in [7, 11) is 0. The third kappa shape index (κ3) is 7.20. The largest absolute Gasteiger partial charge is 0.416 e. The predicted octanol–water partition coefficient (Wildman–Crippen LogP) is 4.29. The van der Waals surface area contributed by atoms with Gasteiger partial charge in [0.1, 0.15) is 0 Å². The van der Waals surface area contributed by atoms with Gasteiger partial charge < -0.3 is 20.7 Å². The van der Waals surface area contributed by atoms with Crippen LogP contribution in [0, 0.1) is 0 Å². The second-order valence-electron chi connectivity index (χ2n) is 7.47. The van der Waals surface area contributed by atoms with Crippen molar-refractivity contribution < 1.29 is 17.9 Å². The highest BCUT2D eigenvalue weighted by atomic mass is 127. The fourth-order valence-electron chi connectivity index (χ4n) is 3.83. The number of hydrogen-bond acceptors (Lipinski definition) is 3. The van der Waals surface area contributed by atoms with Gasteiger partial charge in [-0.1, -0.05) is 31.7 Å². The quantitative estimate of drug-likeness (QED) is 0.266. The average molecular weight is 526 g/mol. The molecule has 0 aromatic heterocycles. The van der Waals surface area contributed by atoms with Gasteiger partial charge in [0.25, 0.3) is 0 Å². The normalized spacial score (nSPS) is 19.4. The van der Waals surface area contributed by atoms with Gasteiger partial charge in [0, 0.05) is 24.8 Å². The second-order valence-corrected chi connectivity index (χ2v) is 7.47. The summed E-state index contributed by atoms with van der Waals surface area (Å²) in [6.07, 6.45) is 2.35. The van der Waals surface area contributed by atoms with Crippen LogP contribution in [0.4, 0.5) is 18.9 Å². The zero-order valence-electron chi connectivity index (χ0n) is 16.5. The van der Waals surface area contributed by atoms with E-state index >= 15 is 0 Å². The molecule has 3 rings (SSSR count). The fraction of sp³-hybridized carbons (Fsp3) is 0.650. The lowest BCUT2D eigenvalue weighted by Gasteiger charge is -2.29. The molecule has 1 aliphatic carbocycles. The molecule has 0 atom stereocenters. The Labute approximate surface area is 187 Å². The molecule has 2 aliphatic rings. The summed E-state index contributed by atoms with van der Waals surface area (Å²) in [6, 6.07) is 4.71. The van der Waals surface area contributed by atoms with E-state index < -0.39 is 11.7 Å². The van der Waals surface area contributed by atoms with Gasteiger partial charge in [0.2, 0.25) is 0 Å². The van der Waals surface area contributed by atoms with E-state index in [1.807, 2.05) is 4.90 Å². The maximum atomic E-state index is 13.6. The molecule has 1 aromatic rings. The van der Waals surface area contributed by atoms with Crippen LogP contribution >= 0.6 is 24.0 Å². The van der Waals surface area contributed by atoms with E-state index in [-0.39, 0.29) is 48.1 Å². The van der Waals surface area contributed by atoms with E-state index in [0.717, 1.165) is 25.7 Å². The van der Waals surface area contributed by atoms with Crippen molar-refractivity contribution in [1.29, 1.82) is 0 Å². The molecule has 0 spiro atoms. The third-order valence-electron chi connectivity index (χ3n) is 5.40. The van der Waals surface area contributed by atoms with Crippen molar-refractivity contribution in [3.05, 3.63) is 29.3 Å². The lowest BCUT2D eigenvalue weighted by atomic mass is 10.1. The van der Waals surface area contributed by atoms with Crippen molar-refractivity contribution in [2.75, 3.05) is 31.2 Å². The number of ether oxygens (including phenoxy) is 1. The van der Waals surface area contributed by atoms with Crippen molar-refractivity contribution in [1.82, 2.24) is 5.32 Å². The molecule has 0 radical (unpaired) electrons. The Balaban J connectivity index is 0.00000300. The minimum atomic E-state index is -4.43. The minimum Gasteiger partial charge on any atom is -0.378 e. The zero-order chi connectivity index (χ0) is 20.0. The van der Waals surface area contributed by atoms with Gasteiger partial charge in [0.05, 0.1) is 25.3 Å². The summed E-state index contributed by atoms with van der Waals surface area (Å²) >= 11 is 0. The van der Waals surface area contributed by atoms with Crippen LogP contribution < -0.4 is 16.0 Å². The van der Waals surface area contributed by atoms with E-state index in [1.54, 1.807) is 6.07 Å². The number of nitrogens with one attached hydrogen (secondary N) is 1. The molecule has 1 aliphatic heterocycles. The summed E-state index contributed by atoms with van der Waals surface area (Å²) in [6.45, 7) is 2.14. The Morgan fingerprint density at radius 3 is 2.41 bits per heavy atom. The monoisotopic (exact) mass is 526 g/mol. The number of nitrogens with two attached hydrogens (primary N) is 1. The highest BCUT2D eigenvalue weighted by Crippen LogP contribution is 2.35. The van der Waals surface area contributed by atoms with Gasteiger partial charge in [-0.2, -0.15) is 13.2 Å². The highest BCUT2D eigenvalue weighted by molar-refractivity contribution is 14.0. The number of aliphatic imine (C=N–C) groups is 1. The summed E-state index contributed by atoms with van der Waals surface area (Å²) in [4.78, 5) is 6.10. The molecule has 0 bridgehead atoms. The van der Waals surface area contributed by atoms with Crippen LogP contribution in [0.5, 0.6) is 0 Å². The van der Waals surface area contributed by atoms with Gasteiger partial charge in [-0.05, 0) is 30.5 Å². The van der Waals surface area contributed by atoms with Gasteiger partial charge in [-0.15, -0.1) is 24.0 Å². The van der Waals surface area contributed by atoms with Crippen molar-refractivity contribution in [3.8, 4) is 0 Å². The number of morpholine rings is 1. The smallest absolute Gasteiger partial charge is 0.378 e. The van der Waals surface area contributed by atoms with Gasteiger partial charge >= 0.3 is 6.18 Å². The van der Waals surface area contributed by atoms with Gasteiger partial charge in [-0.3, -0.25) is 0 Å². The van der Waals surface area contributed by atoms with Crippen LogP contribution in [0.1, 0.15) is 49.7 Å². The van der Waals surface area contributed by atoms with Crippen molar-refractivity contribution >= 4 is 35.6 Å². The lowest BCUT2D eigenvalue weighted by Crippen LogP contribution is -2.39. The van der Waals surface area contributed by atoms with Crippen LogP contribution in [-0.2, 0) is 17.5 Å². The molecule has 1 saturated carbocycles. The Morgan fingerprint density at radius 1 is 1.14 bits per heavy atom. The van der Waals surface area contributed by atoms with Crippen molar-refractivity contribution in [2.45, 2.75) is 57.3 Å². The molecule has 2 fully saturated rings. The Kier molecular flexibility index (Phi) is 9.32. The first kappa shape index (κ1) is 24.0. The molecular formula is C20H30F3IN4O. The lowest BCUT2D eigenvalue weighted by molar-refractivity contribution is -0.138. The van der Waals surface area contributed by atoms with Crippen LogP contribution in [0.15, 0.2) is 23.2 Å². The number of benzene rings is 1. The molecule has 0 unspecified atom stereocenters. The minimum absolute atomic E-state index is 0. The average Bonchev–Trinajstić information content (AvgIpc) is 2.95. The summed E-state index contributed by atoms with van der Waals surface area (Å²) in [5.41, 5.74) is 5.99. The highest BCUT2D eigenvalue weighted by Gasteiger charge is 2.34. The number of alkyl halides is 3. The molecule has 5 nitrogen and oxygen atoms in total. The zero-order valence-corrected chi connectivity index (χ0v) is 18.8. The first-order valence-electron chi connectivity index (χ1n) is 10.0. The van der Waals surface area contributed by atoms with E-state index in [2.05, 4.69) is 10.3 Å². The third-order valence-corrected chi connectivity index (χ3v) is 5.40. The summed E-state index contributed by atoms with van der Waals surface area (Å²) in [5, 5.41) is 3.17. The number of guanidine groups is 1. The first-order valence-corrected chi connectivity index (χ1v) is 10.0. The number of anilines is 1. The number of hydrogen-bond donors (Lipinski definition) is 2. The van der Waals surface area contributed by atoms with Crippen LogP contribution in [0.3, 0.4) is 0 Å². The topological polar surface area (TPSA) is 62.9 Å². The predicted molar refractivity (Wildman–Crippen MR) is 120 cm³/mol. The molecular weight excluding hydrogens is 496 g/mol. The number of halogens is 4. The Hall–Kier alpha value is -1.23. The van der Waals surface area contributed by atoms with Gasteiger partial charge in [-0.25, -0.2) is 4.99 Å². The maximum Gasteiger partial charge on any atom is 0.416 e. The van der Waals surface area contributed by atoms with Crippen LogP contribution in [-0.4, -0.2) is 38.3 Å². The summed E-state index contributed by atoms with van der Waals surface area (Å²) in [5.74, 6) is 0.220. The Morgan fingerprint density at radius 2 is 1.79 bits per heavy atom. The van der Waals surface area contributed by atoms with E-state index in [1.165, 1.54) is 25.0 Å². The van der Waals surface area contributed by atoms with Crippen molar-refractivity contribution in [3.63, 3.8) is 0 Å². The molecule has 9 heteroatoms. The standard InChI is InChI=1S/C20H29F3N4O.HI/c21-20(22,23)18-13-17(27-9-11-28-12-10-27)8-7-15(18)14-25-19(24)26-16-5-3-1-2-4-6-16;/h7-8,13,16H,1-6,9-12,14H2,(H3,24,25,26);1H. The molecule has 164 valence electrons. The maximum absolute atomic E-state index is 13.6. The van der Waals surface area contributed by atoms with Crippen LogP contribution in [0.25, 0.3) is 0 Å². The molecule has 1 aromatic carbocycles. The van der Waals surface area contributed by atoms with Gasteiger partial charge in [0.15, 0.2) is 5.96 Å². The summed E-state index contributed by atoms with van der Waals surface area (Å²) < 4.78 is 46.1. The Bertz CT molecular complexity index is 670. The second kappa shape index (κ2) is 11.2. The SMILES string of the molecule is I.NC(=NCc1ccc(N2CCOCC2)cc1C(F)(F)F)NC1CCCCCC1. The van der Waals surface area contributed by atoms with E-state index in [0.29, 0.717) is 32.0 Å². The van der Waals surface area contributed by atoms with E-state index in [9.17, 15) is 13.2 Å². The number of rotatable bonds is 4. The molecule has 1 saturated heterocycles. The molecule has 1 heterocycles.